The largest absolute Gasteiger partial charge is 0.422 e. The van der Waals surface area contributed by atoms with Crippen LogP contribution in [0.4, 0.5) is 5.82 Å². The van der Waals surface area contributed by atoms with E-state index in [1.54, 1.807) is 30.3 Å². The van der Waals surface area contributed by atoms with E-state index in [0.29, 0.717) is 22.2 Å². The Morgan fingerprint density at radius 3 is 2.52 bits per heavy atom. The third-order valence-corrected chi connectivity index (χ3v) is 4.00. The van der Waals surface area contributed by atoms with Crippen molar-refractivity contribution >= 4 is 33.5 Å². The standard InChI is InChI=1S/C20H14N2O3/c1-12-11-15-14-9-5-6-10-16(14)25-20(24)17(15)18(21-12)22-19(23)13-7-3-2-4-8-13/h2-11H,1H3,(H,21,22,23). The Balaban J connectivity index is 1.94. The topological polar surface area (TPSA) is 72.2 Å². The molecule has 2 heterocycles. The molecule has 1 N–H and O–H groups in total. The minimum atomic E-state index is -0.524. The molecule has 0 aliphatic carbocycles. The Hall–Kier alpha value is -3.47. The van der Waals surface area contributed by atoms with Crippen molar-refractivity contribution in [1.29, 1.82) is 0 Å². The summed E-state index contributed by atoms with van der Waals surface area (Å²) in [6.07, 6.45) is 0. The number of benzene rings is 2. The molecular formula is C20H14N2O3. The predicted molar refractivity (Wildman–Crippen MR) is 96.9 cm³/mol. The normalized spacial score (nSPS) is 10.9. The number of anilines is 1. The lowest BCUT2D eigenvalue weighted by Crippen LogP contribution is -2.16. The van der Waals surface area contributed by atoms with E-state index in [1.807, 2.05) is 37.3 Å². The van der Waals surface area contributed by atoms with E-state index in [-0.39, 0.29) is 17.1 Å². The number of fused-ring (bicyclic) bond motifs is 3. The minimum Gasteiger partial charge on any atom is -0.422 e. The molecule has 25 heavy (non-hydrogen) atoms. The first-order valence-corrected chi connectivity index (χ1v) is 7.83. The highest BCUT2D eigenvalue weighted by Gasteiger charge is 2.16. The fourth-order valence-corrected chi connectivity index (χ4v) is 2.88. The number of hydrogen-bond acceptors (Lipinski definition) is 4. The SMILES string of the molecule is Cc1cc2c(c(NC(=O)c3ccccc3)n1)c(=O)oc1ccccc12. The van der Waals surface area contributed by atoms with Crippen molar-refractivity contribution < 1.29 is 9.21 Å². The molecule has 0 spiro atoms. The number of hydrogen-bond donors (Lipinski definition) is 1. The van der Waals surface area contributed by atoms with Gasteiger partial charge in [-0.1, -0.05) is 36.4 Å². The van der Waals surface area contributed by atoms with Crippen LogP contribution in [0.25, 0.3) is 21.7 Å². The van der Waals surface area contributed by atoms with Crippen molar-refractivity contribution in [1.82, 2.24) is 4.98 Å². The second kappa shape index (κ2) is 5.87. The average Bonchev–Trinajstić information content (AvgIpc) is 2.62. The summed E-state index contributed by atoms with van der Waals surface area (Å²) in [6.45, 7) is 1.82. The van der Waals surface area contributed by atoms with Gasteiger partial charge in [0.25, 0.3) is 5.91 Å². The Morgan fingerprint density at radius 1 is 1.00 bits per heavy atom. The molecule has 0 aliphatic rings. The van der Waals surface area contributed by atoms with Crippen LogP contribution in [0.3, 0.4) is 0 Å². The zero-order valence-electron chi connectivity index (χ0n) is 13.4. The van der Waals surface area contributed by atoms with E-state index < -0.39 is 5.63 Å². The number of amides is 1. The van der Waals surface area contributed by atoms with Crippen molar-refractivity contribution in [3.05, 3.63) is 82.3 Å². The fourth-order valence-electron chi connectivity index (χ4n) is 2.88. The minimum absolute atomic E-state index is 0.211. The van der Waals surface area contributed by atoms with Crippen LogP contribution in [-0.4, -0.2) is 10.9 Å². The van der Waals surface area contributed by atoms with Gasteiger partial charge in [0.15, 0.2) is 0 Å². The monoisotopic (exact) mass is 330 g/mol. The van der Waals surface area contributed by atoms with Crippen molar-refractivity contribution in [2.75, 3.05) is 5.32 Å². The molecule has 122 valence electrons. The molecule has 0 radical (unpaired) electrons. The number of rotatable bonds is 2. The van der Waals surface area contributed by atoms with Crippen molar-refractivity contribution in [2.45, 2.75) is 6.92 Å². The molecular weight excluding hydrogens is 316 g/mol. The fraction of sp³-hybridized carbons (Fsp3) is 0.0500. The molecule has 4 aromatic rings. The molecule has 1 amide bonds. The van der Waals surface area contributed by atoms with Gasteiger partial charge in [-0.2, -0.15) is 0 Å². The van der Waals surface area contributed by atoms with Crippen molar-refractivity contribution in [3.63, 3.8) is 0 Å². The van der Waals surface area contributed by atoms with E-state index in [2.05, 4.69) is 10.3 Å². The van der Waals surface area contributed by atoms with E-state index in [4.69, 9.17) is 4.42 Å². The maximum Gasteiger partial charge on any atom is 0.347 e. The lowest BCUT2D eigenvalue weighted by molar-refractivity contribution is 0.102. The molecule has 0 saturated heterocycles. The number of aryl methyl sites for hydroxylation is 1. The first-order chi connectivity index (χ1) is 12.1. The van der Waals surface area contributed by atoms with E-state index in [9.17, 15) is 9.59 Å². The quantitative estimate of drug-likeness (QED) is 0.447. The van der Waals surface area contributed by atoms with Gasteiger partial charge in [-0.3, -0.25) is 4.79 Å². The number of carbonyl (C=O) groups excluding carboxylic acids is 1. The molecule has 5 heteroatoms. The van der Waals surface area contributed by atoms with Crippen molar-refractivity contribution in [3.8, 4) is 0 Å². The lowest BCUT2D eigenvalue weighted by atomic mass is 10.1. The molecule has 0 atom stereocenters. The van der Waals surface area contributed by atoms with Crippen molar-refractivity contribution in [2.24, 2.45) is 0 Å². The third-order valence-electron chi connectivity index (χ3n) is 4.00. The number of carbonyl (C=O) groups is 1. The Kier molecular flexibility index (Phi) is 3.54. The summed E-state index contributed by atoms with van der Waals surface area (Å²) in [5, 5.41) is 4.52. The van der Waals surface area contributed by atoms with Crippen LogP contribution in [0, 0.1) is 6.92 Å². The summed E-state index contributed by atoms with van der Waals surface area (Å²) in [5.74, 6) is -0.115. The smallest absolute Gasteiger partial charge is 0.347 e. The van der Waals surface area contributed by atoms with E-state index in [1.165, 1.54) is 0 Å². The summed E-state index contributed by atoms with van der Waals surface area (Å²) in [7, 11) is 0. The van der Waals surface area contributed by atoms with E-state index in [0.717, 1.165) is 5.39 Å². The molecule has 0 unspecified atom stereocenters. The van der Waals surface area contributed by atoms with Gasteiger partial charge >= 0.3 is 5.63 Å². The van der Waals surface area contributed by atoms with Crippen LogP contribution in [0.2, 0.25) is 0 Å². The molecule has 2 aromatic heterocycles. The average molecular weight is 330 g/mol. The number of nitrogens with zero attached hydrogens (tertiary/aromatic N) is 1. The predicted octanol–water partition coefficient (Wildman–Crippen LogP) is 3.90. The summed E-state index contributed by atoms with van der Waals surface area (Å²) >= 11 is 0. The second-order valence-electron chi connectivity index (χ2n) is 5.74. The van der Waals surface area contributed by atoms with Gasteiger partial charge in [-0.25, -0.2) is 9.78 Å². The second-order valence-corrected chi connectivity index (χ2v) is 5.74. The van der Waals surface area contributed by atoms with Crippen LogP contribution in [0.5, 0.6) is 0 Å². The van der Waals surface area contributed by atoms with Crippen LogP contribution < -0.4 is 10.9 Å². The third kappa shape index (κ3) is 2.65. The highest BCUT2D eigenvalue weighted by Crippen LogP contribution is 2.27. The maximum absolute atomic E-state index is 12.5. The molecule has 4 rings (SSSR count). The first-order valence-electron chi connectivity index (χ1n) is 7.83. The summed E-state index contributed by atoms with van der Waals surface area (Å²) in [5.41, 5.74) is 1.17. The number of para-hydroxylation sites is 1. The van der Waals surface area contributed by atoms with Gasteiger partial charge in [0.1, 0.15) is 16.8 Å². The van der Waals surface area contributed by atoms with Gasteiger partial charge in [-0.05, 0) is 31.2 Å². The zero-order valence-corrected chi connectivity index (χ0v) is 13.4. The molecule has 0 bridgehead atoms. The van der Waals surface area contributed by atoms with Gasteiger partial charge in [0.05, 0.1) is 0 Å². The van der Waals surface area contributed by atoms with Crippen LogP contribution in [0.1, 0.15) is 16.1 Å². The van der Waals surface area contributed by atoms with Crippen LogP contribution >= 0.6 is 0 Å². The van der Waals surface area contributed by atoms with E-state index >= 15 is 0 Å². The Morgan fingerprint density at radius 2 is 1.72 bits per heavy atom. The van der Waals surface area contributed by atoms with Crippen LogP contribution in [0.15, 0.2) is 69.9 Å². The van der Waals surface area contributed by atoms with Crippen LogP contribution in [-0.2, 0) is 0 Å². The number of nitrogens with one attached hydrogen (secondary N) is 1. The molecule has 0 saturated carbocycles. The molecule has 5 nitrogen and oxygen atoms in total. The zero-order chi connectivity index (χ0) is 17.4. The lowest BCUT2D eigenvalue weighted by Gasteiger charge is -2.10. The number of pyridine rings is 1. The van der Waals surface area contributed by atoms with Gasteiger partial charge in [0, 0.05) is 22.0 Å². The molecule has 2 aromatic carbocycles. The maximum atomic E-state index is 12.5. The molecule has 0 fully saturated rings. The summed E-state index contributed by atoms with van der Waals surface area (Å²) < 4.78 is 5.40. The van der Waals surface area contributed by atoms with Gasteiger partial charge in [-0.15, -0.1) is 0 Å². The highest BCUT2D eigenvalue weighted by molar-refractivity contribution is 6.12. The Bertz CT molecular complexity index is 1160. The van der Waals surface area contributed by atoms with Gasteiger partial charge < -0.3 is 9.73 Å². The number of aromatic nitrogens is 1. The summed E-state index contributed by atoms with van der Waals surface area (Å²) in [6, 6.07) is 17.9. The highest BCUT2D eigenvalue weighted by atomic mass is 16.4. The Labute approximate surface area is 142 Å². The molecule has 0 aliphatic heterocycles. The van der Waals surface area contributed by atoms with Gasteiger partial charge in [0.2, 0.25) is 0 Å². The first kappa shape index (κ1) is 15.1. The summed E-state index contributed by atoms with van der Waals surface area (Å²) in [4.78, 5) is 29.3.